The van der Waals surface area contributed by atoms with E-state index in [-0.39, 0.29) is 6.42 Å². The van der Waals surface area contributed by atoms with Crippen LogP contribution in [0.1, 0.15) is 12.0 Å². The molecule has 0 heterocycles. The third kappa shape index (κ3) is 4.91. The summed E-state index contributed by atoms with van der Waals surface area (Å²) in [4.78, 5) is 12.1. The van der Waals surface area contributed by atoms with Crippen LogP contribution < -0.4 is 0 Å². The molecule has 1 rings (SSSR count). The van der Waals surface area contributed by atoms with Crippen LogP contribution in [-0.4, -0.2) is 36.1 Å². The van der Waals surface area contributed by atoms with Gasteiger partial charge in [0.05, 0.1) is 6.42 Å². The molecule has 0 saturated heterocycles. The van der Waals surface area contributed by atoms with E-state index in [1.54, 1.807) is 11.9 Å². The summed E-state index contributed by atoms with van der Waals surface area (Å²) < 4.78 is 25.9. The van der Waals surface area contributed by atoms with Gasteiger partial charge < -0.3 is 10.0 Å². The number of carboxylic acids is 1. The predicted octanol–water partition coefficient (Wildman–Crippen LogP) is 1.91. The molecule has 5 heteroatoms. The van der Waals surface area contributed by atoms with Gasteiger partial charge in [0.15, 0.2) is 0 Å². The summed E-state index contributed by atoms with van der Waals surface area (Å²) >= 11 is 0. The highest BCUT2D eigenvalue weighted by Crippen LogP contribution is 2.10. The van der Waals surface area contributed by atoms with Gasteiger partial charge in [-0.15, -0.1) is 0 Å². The summed E-state index contributed by atoms with van der Waals surface area (Å²) in [6.45, 7) is 0.952. The number of benzene rings is 1. The molecule has 0 bridgehead atoms. The smallest absolute Gasteiger partial charge is 0.304 e. The molecule has 0 amide bonds. The molecule has 94 valence electrons. The number of hydrogen-bond donors (Lipinski definition) is 1. The molecule has 0 aliphatic carbocycles. The van der Waals surface area contributed by atoms with E-state index in [2.05, 4.69) is 0 Å². The van der Waals surface area contributed by atoms with Crippen molar-refractivity contribution in [2.75, 3.05) is 20.1 Å². The topological polar surface area (TPSA) is 40.5 Å². The fourth-order valence-corrected chi connectivity index (χ4v) is 1.43. The Balaban J connectivity index is 2.41. The highest BCUT2D eigenvalue weighted by molar-refractivity contribution is 5.66. The second-order valence-electron chi connectivity index (χ2n) is 3.93. The maximum Gasteiger partial charge on any atom is 0.304 e. The summed E-state index contributed by atoms with van der Waals surface area (Å²) in [5.74, 6) is -2.01. The number of aliphatic carboxylic acids is 1. The lowest BCUT2D eigenvalue weighted by molar-refractivity contribution is -0.137. The van der Waals surface area contributed by atoms with E-state index in [4.69, 9.17) is 5.11 Å². The first kappa shape index (κ1) is 13.6. The van der Waals surface area contributed by atoms with Crippen molar-refractivity contribution >= 4 is 5.97 Å². The second kappa shape index (κ2) is 6.30. The molecule has 0 aromatic heterocycles. The van der Waals surface area contributed by atoms with Crippen molar-refractivity contribution in [3.8, 4) is 0 Å². The van der Waals surface area contributed by atoms with E-state index in [1.807, 2.05) is 0 Å². The molecule has 1 N–H and O–H groups in total. The van der Waals surface area contributed by atoms with Gasteiger partial charge in [0.25, 0.3) is 0 Å². The third-order valence-corrected chi connectivity index (χ3v) is 2.49. The minimum Gasteiger partial charge on any atom is -0.481 e. The Bertz CT molecular complexity index is 396. The lowest BCUT2D eigenvalue weighted by atomic mass is 10.1. The minimum atomic E-state index is -0.857. The lowest BCUT2D eigenvalue weighted by Gasteiger charge is -2.15. The first-order chi connectivity index (χ1) is 7.99. The van der Waals surface area contributed by atoms with Gasteiger partial charge in [0, 0.05) is 19.2 Å². The molecule has 1 aromatic rings. The van der Waals surface area contributed by atoms with Crippen LogP contribution in [0.15, 0.2) is 18.2 Å². The lowest BCUT2D eigenvalue weighted by Crippen LogP contribution is -2.24. The monoisotopic (exact) mass is 243 g/mol. The van der Waals surface area contributed by atoms with E-state index < -0.39 is 17.6 Å². The van der Waals surface area contributed by atoms with E-state index in [0.29, 0.717) is 25.1 Å². The van der Waals surface area contributed by atoms with Crippen molar-refractivity contribution in [2.24, 2.45) is 0 Å². The van der Waals surface area contributed by atoms with Gasteiger partial charge in [0.1, 0.15) is 11.6 Å². The zero-order valence-electron chi connectivity index (χ0n) is 9.62. The van der Waals surface area contributed by atoms with Gasteiger partial charge in [-0.1, -0.05) is 6.07 Å². The van der Waals surface area contributed by atoms with Crippen molar-refractivity contribution in [1.29, 1.82) is 0 Å². The Morgan fingerprint density at radius 2 is 2.06 bits per heavy atom. The Kier molecular flexibility index (Phi) is 5.03. The third-order valence-electron chi connectivity index (χ3n) is 2.49. The van der Waals surface area contributed by atoms with Gasteiger partial charge >= 0.3 is 5.97 Å². The van der Waals surface area contributed by atoms with Crippen molar-refractivity contribution in [3.63, 3.8) is 0 Å². The number of carbonyl (C=O) groups is 1. The largest absolute Gasteiger partial charge is 0.481 e. The standard InChI is InChI=1S/C12H15F2NO2/c1-15(7-5-12(16)17)6-4-9-2-3-10(13)8-11(9)14/h2-3,8H,4-7H2,1H3,(H,16,17). The van der Waals surface area contributed by atoms with Crippen LogP contribution in [0.5, 0.6) is 0 Å². The number of rotatable bonds is 6. The highest BCUT2D eigenvalue weighted by atomic mass is 19.1. The van der Waals surface area contributed by atoms with Gasteiger partial charge in [-0.2, -0.15) is 0 Å². The normalized spacial score (nSPS) is 10.8. The van der Waals surface area contributed by atoms with Gasteiger partial charge in [-0.3, -0.25) is 4.79 Å². The highest BCUT2D eigenvalue weighted by Gasteiger charge is 2.06. The van der Waals surface area contributed by atoms with Gasteiger partial charge in [-0.05, 0) is 25.1 Å². The number of likely N-dealkylation sites (N-methyl/N-ethyl adjacent to an activating group) is 1. The summed E-state index contributed by atoms with van der Waals surface area (Å²) in [6.07, 6.45) is 0.491. The molecule has 0 atom stereocenters. The number of carboxylic acid groups (broad SMARTS) is 1. The zero-order chi connectivity index (χ0) is 12.8. The van der Waals surface area contributed by atoms with Crippen LogP contribution in [0.25, 0.3) is 0 Å². The molecule has 1 aromatic carbocycles. The van der Waals surface area contributed by atoms with E-state index in [9.17, 15) is 13.6 Å². The number of nitrogens with zero attached hydrogens (tertiary/aromatic N) is 1. The average Bonchev–Trinajstić information content (AvgIpc) is 2.25. The Morgan fingerprint density at radius 3 is 2.65 bits per heavy atom. The van der Waals surface area contributed by atoms with Crippen LogP contribution in [0.4, 0.5) is 8.78 Å². The van der Waals surface area contributed by atoms with Crippen LogP contribution in [-0.2, 0) is 11.2 Å². The molecule has 3 nitrogen and oxygen atoms in total. The van der Waals surface area contributed by atoms with Gasteiger partial charge in [-0.25, -0.2) is 8.78 Å². The van der Waals surface area contributed by atoms with Crippen molar-refractivity contribution in [3.05, 3.63) is 35.4 Å². The van der Waals surface area contributed by atoms with E-state index in [1.165, 1.54) is 12.1 Å². The molecule has 0 spiro atoms. The molecule has 0 saturated carbocycles. The summed E-state index contributed by atoms with van der Waals surface area (Å²) in [6, 6.07) is 3.48. The fourth-order valence-electron chi connectivity index (χ4n) is 1.43. The quantitative estimate of drug-likeness (QED) is 0.829. The molecular weight excluding hydrogens is 228 g/mol. The first-order valence-electron chi connectivity index (χ1n) is 5.33. The van der Waals surface area contributed by atoms with E-state index >= 15 is 0 Å². The average molecular weight is 243 g/mol. The summed E-state index contributed by atoms with van der Waals surface area (Å²) in [5.41, 5.74) is 0.438. The summed E-state index contributed by atoms with van der Waals surface area (Å²) in [5, 5.41) is 8.49. The second-order valence-corrected chi connectivity index (χ2v) is 3.93. The molecule has 0 radical (unpaired) electrons. The van der Waals surface area contributed by atoms with Crippen LogP contribution in [0.2, 0.25) is 0 Å². The van der Waals surface area contributed by atoms with Crippen LogP contribution in [0.3, 0.4) is 0 Å². The Hall–Kier alpha value is -1.49. The maximum atomic E-state index is 13.3. The first-order valence-corrected chi connectivity index (χ1v) is 5.33. The van der Waals surface area contributed by atoms with Crippen LogP contribution in [0, 0.1) is 11.6 Å². The number of halogens is 2. The number of hydrogen-bond acceptors (Lipinski definition) is 2. The molecule has 17 heavy (non-hydrogen) atoms. The molecule has 0 aliphatic heterocycles. The fraction of sp³-hybridized carbons (Fsp3) is 0.417. The van der Waals surface area contributed by atoms with Gasteiger partial charge in [0.2, 0.25) is 0 Å². The van der Waals surface area contributed by atoms with Crippen molar-refractivity contribution in [2.45, 2.75) is 12.8 Å². The Labute approximate surface area is 98.7 Å². The van der Waals surface area contributed by atoms with Crippen molar-refractivity contribution < 1.29 is 18.7 Å². The molecule has 0 aliphatic rings. The summed E-state index contributed by atoms with van der Waals surface area (Å²) in [7, 11) is 1.77. The predicted molar refractivity (Wildman–Crippen MR) is 59.8 cm³/mol. The molecule has 0 unspecified atom stereocenters. The molecule has 0 fully saturated rings. The van der Waals surface area contributed by atoms with E-state index in [0.717, 1.165) is 6.07 Å². The zero-order valence-corrected chi connectivity index (χ0v) is 9.62. The van der Waals surface area contributed by atoms with Crippen molar-refractivity contribution in [1.82, 2.24) is 4.90 Å². The van der Waals surface area contributed by atoms with Crippen LogP contribution >= 0.6 is 0 Å². The minimum absolute atomic E-state index is 0.0579. The SMILES string of the molecule is CN(CCC(=O)O)CCc1ccc(F)cc1F. The molecular formula is C12H15F2NO2. The maximum absolute atomic E-state index is 13.3. The Morgan fingerprint density at radius 1 is 1.35 bits per heavy atom.